The number of hydrogen-bond acceptors (Lipinski definition) is 7. The van der Waals surface area contributed by atoms with E-state index in [0.717, 1.165) is 57.6 Å². The molecule has 7 nitrogen and oxygen atoms in total. The summed E-state index contributed by atoms with van der Waals surface area (Å²) in [4.78, 5) is 12.4. The fourth-order valence-electron chi connectivity index (χ4n) is 3.70. The smallest absolute Gasteiger partial charge is 0.273 e. The summed E-state index contributed by atoms with van der Waals surface area (Å²) in [6, 6.07) is 3.00. The number of nitrogens with one attached hydrogen (secondary N) is 2. The standard InChI is InChI=1S/C18H29N5O2S/c1-12-9-15(5-7-22(12)26-23-8-6-19-11-13(23)2)20-18(24)16-10-17(25-21-16)14-3-4-14/h10,12-15,19H,3-9,11H2,1-2H3,(H,20,24). The second-order valence-electron chi connectivity index (χ2n) is 7.85. The molecular weight excluding hydrogens is 350 g/mol. The SMILES string of the molecule is CC1CNCCN1SN1CCC(NC(=O)c2cc(C3CC3)on2)CC1C. The Kier molecular flexibility index (Phi) is 5.54. The van der Waals surface area contributed by atoms with E-state index in [-0.39, 0.29) is 11.9 Å². The van der Waals surface area contributed by atoms with Crippen LogP contribution in [-0.2, 0) is 0 Å². The molecular formula is C18H29N5O2S. The lowest BCUT2D eigenvalue weighted by Crippen LogP contribution is -2.51. The quantitative estimate of drug-likeness (QED) is 0.758. The highest BCUT2D eigenvalue weighted by molar-refractivity contribution is 7.94. The first kappa shape index (κ1) is 18.3. The third kappa shape index (κ3) is 4.24. The predicted molar refractivity (Wildman–Crippen MR) is 102 cm³/mol. The van der Waals surface area contributed by atoms with E-state index in [2.05, 4.69) is 38.2 Å². The number of piperazine rings is 1. The Balaban J connectivity index is 1.26. The third-order valence-corrected chi connectivity index (χ3v) is 7.05. The molecule has 1 aliphatic carbocycles. The molecule has 1 aromatic rings. The summed E-state index contributed by atoms with van der Waals surface area (Å²) in [5, 5.41) is 10.5. The minimum absolute atomic E-state index is 0.102. The average molecular weight is 380 g/mol. The molecule has 3 atom stereocenters. The molecule has 3 aliphatic rings. The molecule has 0 aromatic carbocycles. The van der Waals surface area contributed by atoms with Gasteiger partial charge in [0.2, 0.25) is 0 Å². The first-order valence-corrected chi connectivity index (χ1v) is 10.5. The lowest BCUT2D eigenvalue weighted by Gasteiger charge is -2.41. The van der Waals surface area contributed by atoms with Crippen molar-refractivity contribution in [2.75, 3.05) is 26.2 Å². The van der Waals surface area contributed by atoms with E-state index in [1.807, 2.05) is 18.2 Å². The van der Waals surface area contributed by atoms with Crippen LogP contribution in [0.3, 0.4) is 0 Å². The van der Waals surface area contributed by atoms with Crippen LogP contribution in [0.2, 0.25) is 0 Å². The van der Waals surface area contributed by atoms with Crippen LogP contribution in [0, 0.1) is 0 Å². The molecule has 3 heterocycles. The molecule has 2 N–H and O–H groups in total. The maximum atomic E-state index is 12.4. The molecule has 8 heteroatoms. The summed E-state index contributed by atoms with van der Waals surface area (Å²) < 4.78 is 10.2. The van der Waals surface area contributed by atoms with Gasteiger partial charge in [-0.25, -0.2) is 8.61 Å². The van der Waals surface area contributed by atoms with E-state index in [1.54, 1.807) is 0 Å². The van der Waals surface area contributed by atoms with Gasteiger partial charge in [-0.05, 0) is 39.5 Å². The molecule has 0 bridgehead atoms. The van der Waals surface area contributed by atoms with Crippen molar-refractivity contribution in [3.8, 4) is 0 Å². The zero-order valence-corrected chi connectivity index (χ0v) is 16.4. The maximum absolute atomic E-state index is 12.4. The minimum Gasteiger partial charge on any atom is -0.360 e. The Bertz CT molecular complexity index is 635. The Hall–Kier alpha value is -1.09. The average Bonchev–Trinajstić information content (AvgIpc) is 3.36. The molecule has 1 saturated carbocycles. The number of hydrogen-bond donors (Lipinski definition) is 2. The highest BCUT2D eigenvalue weighted by Crippen LogP contribution is 2.40. The van der Waals surface area contributed by atoms with Gasteiger partial charge in [-0.15, -0.1) is 0 Å². The van der Waals surface area contributed by atoms with E-state index < -0.39 is 0 Å². The van der Waals surface area contributed by atoms with Crippen LogP contribution < -0.4 is 10.6 Å². The summed E-state index contributed by atoms with van der Waals surface area (Å²) in [7, 11) is 0. The highest BCUT2D eigenvalue weighted by Gasteiger charge is 2.32. The number of aromatic nitrogens is 1. The van der Waals surface area contributed by atoms with E-state index in [4.69, 9.17) is 4.52 Å². The van der Waals surface area contributed by atoms with Gasteiger partial charge >= 0.3 is 0 Å². The highest BCUT2D eigenvalue weighted by atomic mass is 32.2. The van der Waals surface area contributed by atoms with Crippen LogP contribution in [0.25, 0.3) is 0 Å². The van der Waals surface area contributed by atoms with Crippen molar-refractivity contribution in [1.82, 2.24) is 24.4 Å². The molecule has 1 amide bonds. The fourth-order valence-corrected chi connectivity index (χ4v) is 4.81. The zero-order valence-electron chi connectivity index (χ0n) is 15.6. The topological polar surface area (TPSA) is 73.6 Å². The molecule has 26 heavy (non-hydrogen) atoms. The van der Waals surface area contributed by atoms with E-state index in [9.17, 15) is 4.79 Å². The number of rotatable bonds is 5. The summed E-state index contributed by atoms with van der Waals surface area (Å²) in [5.41, 5.74) is 0.422. The predicted octanol–water partition coefficient (Wildman–Crippen LogP) is 1.99. The summed E-state index contributed by atoms with van der Waals surface area (Å²) >= 11 is 1.88. The summed E-state index contributed by atoms with van der Waals surface area (Å²) in [6.07, 6.45) is 4.23. The number of carbonyl (C=O) groups is 1. The molecule has 3 unspecified atom stereocenters. The van der Waals surface area contributed by atoms with Gasteiger partial charge in [-0.3, -0.25) is 4.79 Å². The van der Waals surface area contributed by atoms with Gasteiger partial charge in [0.05, 0.1) is 0 Å². The van der Waals surface area contributed by atoms with Crippen LogP contribution in [-0.4, -0.2) is 64.0 Å². The Morgan fingerprint density at radius 2 is 2.08 bits per heavy atom. The van der Waals surface area contributed by atoms with Crippen molar-refractivity contribution < 1.29 is 9.32 Å². The van der Waals surface area contributed by atoms with Gasteiger partial charge in [-0.2, -0.15) is 0 Å². The maximum Gasteiger partial charge on any atom is 0.273 e. The summed E-state index contributed by atoms with van der Waals surface area (Å²) in [6.45, 7) is 8.68. The van der Waals surface area contributed by atoms with Gasteiger partial charge in [0.25, 0.3) is 5.91 Å². The Morgan fingerprint density at radius 3 is 2.81 bits per heavy atom. The first-order valence-electron chi connectivity index (χ1n) is 9.79. The van der Waals surface area contributed by atoms with Gasteiger partial charge in [0.1, 0.15) is 5.76 Å². The van der Waals surface area contributed by atoms with Gasteiger partial charge < -0.3 is 15.2 Å². The lowest BCUT2D eigenvalue weighted by atomic mass is 10.0. The monoisotopic (exact) mass is 379 g/mol. The minimum atomic E-state index is -0.102. The Morgan fingerprint density at radius 1 is 1.27 bits per heavy atom. The number of nitrogens with zero attached hydrogens (tertiary/aromatic N) is 3. The molecule has 1 aromatic heterocycles. The van der Waals surface area contributed by atoms with Crippen molar-refractivity contribution in [3.63, 3.8) is 0 Å². The largest absolute Gasteiger partial charge is 0.360 e. The van der Waals surface area contributed by atoms with Crippen LogP contribution >= 0.6 is 12.1 Å². The number of amides is 1. The molecule has 144 valence electrons. The van der Waals surface area contributed by atoms with E-state index >= 15 is 0 Å². The van der Waals surface area contributed by atoms with Crippen LogP contribution in [0.4, 0.5) is 0 Å². The van der Waals surface area contributed by atoms with Crippen molar-refractivity contribution >= 4 is 18.0 Å². The molecule has 2 aliphatic heterocycles. The summed E-state index contributed by atoms with van der Waals surface area (Å²) in [5.74, 6) is 1.24. The first-order chi connectivity index (χ1) is 12.6. The van der Waals surface area contributed by atoms with Gasteiger partial charge in [0, 0.05) is 68.4 Å². The lowest BCUT2D eigenvalue weighted by molar-refractivity contribution is 0.0905. The van der Waals surface area contributed by atoms with Crippen molar-refractivity contribution in [3.05, 3.63) is 17.5 Å². The van der Waals surface area contributed by atoms with Gasteiger partial charge in [0.15, 0.2) is 5.69 Å². The molecule has 2 saturated heterocycles. The number of piperidine rings is 1. The van der Waals surface area contributed by atoms with Crippen molar-refractivity contribution in [1.29, 1.82) is 0 Å². The zero-order chi connectivity index (χ0) is 18.1. The van der Waals surface area contributed by atoms with E-state index in [1.165, 1.54) is 0 Å². The molecule has 3 fully saturated rings. The second kappa shape index (κ2) is 7.88. The number of carbonyl (C=O) groups excluding carboxylic acids is 1. The molecule has 0 radical (unpaired) electrons. The van der Waals surface area contributed by atoms with E-state index in [0.29, 0.717) is 23.7 Å². The van der Waals surface area contributed by atoms with Crippen molar-refractivity contribution in [2.45, 2.75) is 63.6 Å². The molecule has 4 rings (SSSR count). The van der Waals surface area contributed by atoms with Crippen LogP contribution in [0.5, 0.6) is 0 Å². The van der Waals surface area contributed by atoms with Crippen LogP contribution in [0.15, 0.2) is 10.6 Å². The Labute approximate surface area is 159 Å². The normalized spacial score (nSPS) is 31.1. The fraction of sp³-hybridized carbons (Fsp3) is 0.778. The molecule has 0 spiro atoms. The second-order valence-corrected chi connectivity index (χ2v) is 8.95. The van der Waals surface area contributed by atoms with Crippen LogP contribution in [0.1, 0.15) is 61.7 Å². The van der Waals surface area contributed by atoms with Crippen molar-refractivity contribution in [2.24, 2.45) is 0 Å². The van der Waals surface area contributed by atoms with Gasteiger partial charge in [-0.1, -0.05) is 5.16 Å². The third-order valence-electron chi connectivity index (χ3n) is 5.54.